The van der Waals surface area contributed by atoms with Gasteiger partial charge in [-0.2, -0.15) is 13.2 Å². The first kappa shape index (κ1) is 15.0. The summed E-state index contributed by atoms with van der Waals surface area (Å²) in [7, 11) is -2.26. The van der Waals surface area contributed by atoms with E-state index in [1.54, 1.807) is 35.5 Å². The van der Waals surface area contributed by atoms with Crippen LogP contribution in [-0.4, -0.2) is 31.8 Å². The van der Waals surface area contributed by atoms with Crippen LogP contribution in [0.25, 0.3) is 0 Å². The smallest absolute Gasteiger partial charge is 0.408 e. The number of halogens is 3. The van der Waals surface area contributed by atoms with E-state index >= 15 is 0 Å². The van der Waals surface area contributed by atoms with Crippen LogP contribution < -0.4 is 4.57 Å². The Morgan fingerprint density at radius 3 is 2.61 bits per heavy atom. The van der Waals surface area contributed by atoms with Crippen LogP contribution in [0.15, 0.2) is 16.8 Å². The zero-order valence-electron chi connectivity index (χ0n) is 9.98. The highest BCUT2D eigenvalue weighted by molar-refractivity contribution is 7.88. The minimum Gasteiger partial charge on any atom is -0.764 e. The summed E-state index contributed by atoms with van der Waals surface area (Å²) < 4.78 is 64.2. The Bertz CT molecular complexity index is 530. The monoisotopic (exact) mass is 285 g/mol. The highest BCUT2D eigenvalue weighted by atomic mass is 32.2. The SMILES string of the molecule is Cc1n(CCS(=O)([O-])=NCC(F)(F)F)cc[n+]1C. The average molecular weight is 285 g/mol. The van der Waals surface area contributed by atoms with Gasteiger partial charge in [-0.3, -0.25) is 4.21 Å². The summed E-state index contributed by atoms with van der Waals surface area (Å²) in [6.45, 7) is 0.198. The molecule has 0 spiro atoms. The van der Waals surface area contributed by atoms with E-state index in [2.05, 4.69) is 4.36 Å². The van der Waals surface area contributed by atoms with Gasteiger partial charge in [-0.15, -0.1) is 0 Å². The summed E-state index contributed by atoms with van der Waals surface area (Å²) in [4.78, 5) is 0. The number of hydrogen-bond acceptors (Lipinski definition) is 3. The molecule has 1 rings (SSSR count). The van der Waals surface area contributed by atoms with Crippen LogP contribution in [0.2, 0.25) is 0 Å². The van der Waals surface area contributed by atoms with E-state index in [9.17, 15) is 21.9 Å². The Labute approximate surface area is 103 Å². The van der Waals surface area contributed by atoms with Crippen LogP contribution in [-0.2, 0) is 23.6 Å². The van der Waals surface area contributed by atoms with Crippen molar-refractivity contribution in [3.05, 3.63) is 18.2 Å². The van der Waals surface area contributed by atoms with Crippen molar-refractivity contribution in [2.24, 2.45) is 11.4 Å². The van der Waals surface area contributed by atoms with Crippen molar-refractivity contribution in [1.29, 1.82) is 0 Å². The number of hydrogen-bond donors (Lipinski definition) is 0. The van der Waals surface area contributed by atoms with Crippen molar-refractivity contribution in [3.8, 4) is 0 Å². The molecule has 0 bridgehead atoms. The highest BCUT2D eigenvalue weighted by Gasteiger charge is 2.26. The number of alkyl halides is 3. The lowest BCUT2D eigenvalue weighted by atomic mass is 10.6. The van der Waals surface area contributed by atoms with Gasteiger partial charge in [-0.1, -0.05) is 0 Å². The van der Waals surface area contributed by atoms with Crippen LogP contribution >= 0.6 is 0 Å². The zero-order chi connectivity index (χ0) is 14.0. The predicted molar refractivity (Wildman–Crippen MR) is 57.5 cm³/mol. The lowest BCUT2D eigenvalue weighted by Crippen LogP contribution is -2.30. The molecule has 1 aromatic rings. The number of nitrogens with zero attached hydrogens (tertiary/aromatic N) is 3. The minimum atomic E-state index is -4.59. The Morgan fingerprint density at radius 2 is 2.17 bits per heavy atom. The van der Waals surface area contributed by atoms with Crippen molar-refractivity contribution >= 4 is 10.0 Å². The molecule has 0 radical (unpaired) electrons. The molecule has 0 fully saturated rings. The Morgan fingerprint density at radius 1 is 1.56 bits per heavy atom. The van der Waals surface area contributed by atoms with E-state index in [0.717, 1.165) is 5.82 Å². The normalized spacial score (nSPS) is 15.4. The van der Waals surface area contributed by atoms with E-state index in [4.69, 9.17) is 0 Å². The van der Waals surface area contributed by atoms with E-state index in [-0.39, 0.29) is 6.54 Å². The molecule has 5 nitrogen and oxygen atoms in total. The van der Waals surface area contributed by atoms with Crippen LogP contribution in [0.5, 0.6) is 0 Å². The molecule has 1 heterocycles. The highest BCUT2D eigenvalue weighted by Crippen LogP contribution is 2.15. The van der Waals surface area contributed by atoms with Crippen molar-refractivity contribution in [2.45, 2.75) is 19.6 Å². The van der Waals surface area contributed by atoms with Crippen LogP contribution in [0, 0.1) is 6.92 Å². The first-order chi connectivity index (χ1) is 8.11. The van der Waals surface area contributed by atoms with Gasteiger partial charge in [0.2, 0.25) is 0 Å². The maximum Gasteiger partial charge on any atom is 0.408 e. The second-order valence-electron chi connectivity index (χ2n) is 3.84. The van der Waals surface area contributed by atoms with Crippen LogP contribution in [0.4, 0.5) is 13.2 Å². The molecule has 104 valence electrons. The molecule has 0 aliphatic carbocycles. The second kappa shape index (κ2) is 5.27. The maximum absolute atomic E-state index is 11.8. The quantitative estimate of drug-likeness (QED) is 0.768. The molecule has 0 saturated carbocycles. The van der Waals surface area contributed by atoms with Crippen molar-refractivity contribution in [3.63, 3.8) is 0 Å². The van der Waals surface area contributed by atoms with Crippen molar-refractivity contribution in [1.82, 2.24) is 4.57 Å². The molecule has 0 amide bonds. The van der Waals surface area contributed by atoms with E-state index < -0.39 is 28.5 Å². The zero-order valence-corrected chi connectivity index (χ0v) is 10.8. The summed E-state index contributed by atoms with van der Waals surface area (Å²) in [6, 6.07) is 0. The molecule has 1 atom stereocenters. The fourth-order valence-electron chi connectivity index (χ4n) is 1.28. The third kappa shape index (κ3) is 4.65. The fourth-order valence-corrected chi connectivity index (χ4v) is 2.18. The molecule has 0 saturated heterocycles. The minimum absolute atomic E-state index is 0.0797. The summed E-state index contributed by atoms with van der Waals surface area (Å²) in [5.74, 6) is 0.361. The first-order valence-electron chi connectivity index (χ1n) is 5.10. The maximum atomic E-state index is 11.8. The largest absolute Gasteiger partial charge is 0.764 e. The van der Waals surface area contributed by atoms with E-state index in [0.29, 0.717) is 0 Å². The fraction of sp³-hybridized carbons (Fsp3) is 0.667. The Kier molecular flexibility index (Phi) is 4.38. The van der Waals surface area contributed by atoms with Gasteiger partial charge in [-0.05, 0) is 10.0 Å². The Balaban J connectivity index is 2.68. The number of rotatable bonds is 4. The summed E-state index contributed by atoms with van der Waals surface area (Å²) in [6.07, 6.45) is -1.20. The molecular weight excluding hydrogens is 271 g/mol. The Hall–Kier alpha value is -1.09. The van der Waals surface area contributed by atoms with Crippen LogP contribution in [0.3, 0.4) is 0 Å². The second-order valence-corrected chi connectivity index (χ2v) is 5.67. The van der Waals surface area contributed by atoms with Gasteiger partial charge in [0.15, 0.2) is 0 Å². The molecule has 1 unspecified atom stereocenters. The molecule has 9 heteroatoms. The number of imidazole rings is 1. The molecule has 1 aromatic heterocycles. The summed E-state index contributed by atoms with van der Waals surface area (Å²) in [5, 5.41) is 0. The van der Waals surface area contributed by atoms with Gasteiger partial charge >= 0.3 is 6.18 Å². The standard InChI is InChI=1S/C9H14F3N3O2S/c1-8-14(2)3-4-15(8)5-6-18(16,17)13-7-9(10,11)12/h3-4H,5-7H2,1-2H3. The third-order valence-electron chi connectivity index (χ3n) is 2.43. The molecule has 18 heavy (non-hydrogen) atoms. The predicted octanol–water partition coefficient (Wildman–Crippen LogP) is 0.782. The summed E-state index contributed by atoms with van der Waals surface area (Å²) in [5.41, 5.74) is 0. The van der Waals surface area contributed by atoms with E-state index in [1.165, 1.54) is 0 Å². The van der Waals surface area contributed by atoms with Crippen LogP contribution in [0.1, 0.15) is 5.82 Å². The van der Waals surface area contributed by atoms with Gasteiger partial charge in [0.1, 0.15) is 25.5 Å². The topological polar surface area (TPSA) is 61.3 Å². The molecular formula is C9H14F3N3O2S. The number of aryl methyl sites for hydroxylation is 2. The first-order valence-corrected chi connectivity index (χ1v) is 6.71. The average Bonchev–Trinajstić information content (AvgIpc) is 2.54. The third-order valence-corrected chi connectivity index (χ3v) is 3.65. The van der Waals surface area contributed by atoms with Gasteiger partial charge in [0.25, 0.3) is 5.82 Å². The molecule has 0 aliphatic heterocycles. The van der Waals surface area contributed by atoms with Gasteiger partial charge in [0, 0.05) is 6.92 Å². The lowest BCUT2D eigenvalue weighted by molar-refractivity contribution is -0.677. The van der Waals surface area contributed by atoms with Gasteiger partial charge in [-0.25, -0.2) is 13.5 Å². The number of aromatic nitrogens is 2. The molecule has 0 aliphatic rings. The van der Waals surface area contributed by atoms with E-state index in [1.807, 2.05) is 0 Å². The van der Waals surface area contributed by atoms with Gasteiger partial charge in [0.05, 0.1) is 12.8 Å². The van der Waals surface area contributed by atoms with Crippen molar-refractivity contribution < 1.29 is 26.5 Å². The van der Waals surface area contributed by atoms with Crippen molar-refractivity contribution in [2.75, 3.05) is 12.3 Å². The molecule has 0 N–H and O–H groups in total. The molecule has 0 aromatic carbocycles. The van der Waals surface area contributed by atoms with Gasteiger partial charge < -0.3 is 4.55 Å². The lowest BCUT2D eigenvalue weighted by Gasteiger charge is -2.13. The summed E-state index contributed by atoms with van der Waals surface area (Å²) >= 11 is 0.